The number of carbonyl (C=O) groups is 1. The molecule has 0 bridgehead atoms. The number of nitrogens with two attached hydrogens (primary N) is 1. The maximum absolute atomic E-state index is 10.4. The number of carboxylic acid groups (broad SMARTS) is 1. The fourth-order valence-electron chi connectivity index (χ4n) is 0.907. The van der Waals surface area contributed by atoms with E-state index in [0.29, 0.717) is 16.7 Å². The first-order chi connectivity index (χ1) is 7.02. The van der Waals surface area contributed by atoms with Gasteiger partial charge in [0.15, 0.2) is 0 Å². The van der Waals surface area contributed by atoms with Gasteiger partial charge in [-0.2, -0.15) is 11.8 Å². The lowest BCUT2D eigenvalue weighted by molar-refractivity contribution is -0.137. The smallest absolute Gasteiger partial charge is 0.321 e. The molecule has 1 aromatic rings. The molecule has 3 N–H and O–H groups in total. The lowest BCUT2D eigenvalue weighted by Crippen LogP contribution is -2.32. The Balaban J connectivity index is 2.38. The average Bonchev–Trinajstić information content (AvgIpc) is 2.49. The second-order valence-corrected chi connectivity index (χ2v) is 4.43. The molecule has 1 rings (SSSR count). The van der Waals surface area contributed by atoms with Gasteiger partial charge in [-0.1, -0.05) is 11.6 Å². The summed E-state index contributed by atoms with van der Waals surface area (Å²) in [5.74, 6) is 0.785. The van der Waals surface area contributed by atoms with E-state index in [-0.39, 0.29) is 0 Å². The second kappa shape index (κ2) is 5.39. The number of hydrogen-bond acceptors (Lipinski definition) is 4. The van der Waals surface area contributed by atoms with Gasteiger partial charge in [-0.05, 0) is 0 Å². The Morgan fingerprint density at radius 3 is 3.00 bits per heavy atom. The molecule has 15 heavy (non-hydrogen) atoms. The number of nitrogens with zero attached hydrogens (tertiary/aromatic N) is 2. The van der Waals surface area contributed by atoms with E-state index in [4.69, 9.17) is 22.4 Å². The Bertz CT molecular complexity index is 356. The molecule has 0 aliphatic rings. The van der Waals surface area contributed by atoms with Crippen LogP contribution in [-0.2, 0) is 17.6 Å². The predicted octanol–water partition coefficient (Wildman–Crippen LogP) is 0.719. The number of carboxylic acids is 1. The van der Waals surface area contributed by atoms with Crippen LogP contribution in [0.2, 0.25) is 5.15 Å². The van der Waals surface area contributed by atoms with Gasteiger partial charge in [0.05, 0.1) is 11.9 Å². The van der Waals surface area contributed by atoms with E-state index in [1.54, 1.807) is 10.8 Å². The maximum atomic E-state index is 10.4. The molecule has 0 amide bonds. The van der Waals surface area contributed by atoms with Gasteiger partial charge in [0.25, 0.3) is 0 Å². The highest BCUT2D eigenvalue weighted by Gasteiger charge is 2.12. The zero-order valence-electron chi connectivity index (χ0n) is 8.18. The highest BCUT2D eigenvalue weighted by atomic mass is 35.5. The first kappa shape index (κ1) is 12.4. The van der Waals surface area contributed by atoms with Gasteiger partial charge in [-0.3, -0.25) is 4.79 Å². The first-order valence-electron chi connectivity index (χ1n) is 4.24. The van der Waals surface area contributed by atoms with Crippen molar-refractivity contribution in [3.8, 4) is 0 Å². The van der Waals surface area contributed by atoms with E-state index in [0.717, 1.165) is 5.82 Å². The van der Waals surface area contributed by atoms with Crippen LogP contribution >= 0.6 is 23.4 Å². The summed E-state index contributed by atoms with van der Waals surface area (Å²) in [6.45, 7) is 0. The molecule has 0 fully saturated rings. The van der Waals surface area contributed by atoms with Crippen LogP contribution < -0.4 is 5.73 Å². The van der Waals surface area contributed by atoms with Gasteiger partial charge in [0, 0.05) is 12.8 Å². The average molecular weight is 250 g/mol. The lowest BCUT2D eigenvalue weighted by atomic mass is 10.4. The molecule has 84 valence electrons. The van der Waals surface area contributed by atoms with Crippen molar-refractivity contribution in [1.82, 2.24) is 9.55 Å². The van der Waals surface area contributed by atoms with Crippen molar-refractivity contribution in [2.45, 2.75) is 11.8 Å². The largest absolute Gasteiger partial charge is 0.480 e. The van der Waals surface area contributed by atoms with Gasteiger partial charge < -0.3 is 15.4 Å². The fourth-order valence-corrected chi connectivity index (χ4v) is 2.02. The molecular weight excluding hydrogens is 238 g/mol. The minimum atomic E-state index is -0.986. The third kappa shape index (κ3) is 3.40. The standard InChI is InChI=1S/C8H12ClN3O2S/c1-12-6(9)2-11-7(12)4-15-3-5(10)8(13)14/h2,5H,3-4,10H2,1H3,(H,13,14)/t5-/m1/s1. The molecular formula is C8H12ClN3O2S. The molecule has 0 saturated carbocycles. The first-order valence-corrected chi connectivity index (χ1v) is 5.78. The van der Waals surface area contributed by atoms with Crippen molar-refractivity contribution < 1.29 is 9.90 Å². The highest BCUT2D eigenvalue weighted by Crippen LogP contribution is 2.15. The Kier molecular flexibility index (Phi) is 4.44. The van der Waals surface area contributed by atoms with Gasteiger partial charge in [-0.25, -0.2) is 4.98 Å². The highest BCUT2D eigenvalue weighted by molar-refractivity contribution is 7.98. The molecule has 0 unspecified atom stereocenters. The summed E-state index contributed by atoms with van der Waals surface area (Å²) >= 11 is 7.22. The quantitative estimate of drug-likeness (QED) is 0.804. The van der Waals surface area contributed by atoms with Crippen LogP contribution in [0.25, 0.3) is 0 Å². The Hall–Kier alpha value is -0.720. The molecule has 1 aromatic heterocycles. The van der Waals surface area contributed by atoms with E-state index in [1.807, 2.05) is 7.05 Å². The van der Waals surface area contributed by atoms with Gasteiger partial charge in [-0.15, -0.1) is 0 Å². The van der Waals surface area contributed by atoms with E-state index < -0.39 is 12.0 Å². The van der Waals surface area contributed by atoms with Crippen LogP contribution in [0.5, 0.6) is 0 Å². The molecule has 1 heterocycles. The summed E-state index contributed by atoms with van der Waals surface area (Å²) in [7, 11) is 1.81. The molecule has 0 aliphatic carbocycles. The minimum Gasteiger partial charge on any atom is -0.480 e. The topological polar surface area (TPSA) is 81.1 Å². The van der Waals surface area contributed by atoms with Crippen LogP contribution in [0.4, 0.5) is 0 Å². The summed E-state index contributed by atoms with van der Waals surface area (Å²) in [4.78, 5) is 14.5. The summed E-state index contributed by atoms with van der Waals surface area (Å²) in [6.07, 6.45) is 1.56. The Morgan fingerprint density at radius 1 is 1.87 bits per heavy atom. The Labute approximate surface area is 96.6 Å². The third-order valence-corrected chi connectivity index (χ3v) is 3.28. The number of rotatable bonds is 5. The number of aromatic nitrogens is 2. The number of imidazole rings is 1. The van der Waals surface area contributed by atoms with Crippen LogP contribution in [0, 0.1) is 0 Å². The van der Waals surface area contributed by atoms with Crippen LogP contribution in [0.15, 0.2) is 6.20 Å². The van der Waals surface area contributed by atoms with Crippen molar-refractivity contribution in [1.29, 1.82) is 0 Å². The van der Waals surface area contributed by atoms with Gasteiger partial charge >= 0.3 is 5.97 Å². The number of halogens is 1. The number of aliphatic carboxylic acids is 1. The number of hydrogen-bond donors (Lipinski definition) is 2. The molecule has 7 heteroatoms. The molecule has 1 atom stereocenters. The molecule has 5 nitrogen and oxygen atoms in total. The van der Waals surface area contributed by atoms with E-state index >= 15 is 0 Å². The molecule has 0 aromatic carbocycles. The zero-order valence-corrected chi connectivity index (χ0v) is 9.75. The summed E-state index contributed by atoms with van der Waals surface area (Å²) in [5, 5.41) is 9.12. The summed E-state index contributed by atoms with van der Waals surface area (Å²) < 4.78 is 1.75. The van der Waals surface area contributed by atoms with Crippen molar-refractivity contribution in [2.24, 2.45) is 12.8 Å². The molecule has 0 spiro atoms. The zero-order chi connectivity index (χ0) is 11.4. The van der Waals surface area contributed by atoms with Gasteiger partial charge in [0.2, 0.25) is 0 Å². The fraction of sp³-hybridized carbons (Fsp3) is 0.500. The lowest BCUT2D eigenvalue weighted by Gasteiger charge is -2.05. The van der Waals surface area contributed by atoms with Crippen molar-refractivity contribution in [3.63, 3.8) is 0 Å². The minimum absolute atomic E-state index is 0.361. The Morgan fingerprint density at radius 2 is 2.53 bits per heavy atom. The van der Waals surface area contributed by atoms with Crippen LogP contribution in [-0.4, -0.2) is 32.4 Å². The second-order valence-electron chi connectivity index (χ2n) is 3.02. The van der Waals surface area contributed by atoms with Crippen molar-refractivity contribution in [2.75, 3.05) is 5.75 Å². The van der Waals surface area contributed by atoms with Crippen LogP contribution in [0.3, 0.4) is 0 Å². The number of thioether (sulfide) groups is 1. The third-order valence-electron chi connectivity index (χ3n) is 1.87. The van der Waals surface area contributed by atoms with E-state index in [1.165, 1.54) is 11.8 Å². The molecule has 0 aliphatic heterocycles. The normalized spacial score (nSPS) is 12.7. The van der Waals surface area contributed by atoms with Gasteiger partial charge in [0.1, 0.15) is 17.0 Å². The summed E-state index contributed by atoms with van der Waals surface area (Å²) in [5.41, 5.74) is 5.35. The predicted molar refractivity (Wildman–Crippen MR) is 60.0 cm³/mol. The molecule has 0 saturated heterocycles. The van der Waals surface area contributed by atoms with E-state index in [9.17, 15) is 4.79 Å². The van der Waals surface area contributed by atoms with Crippen molar-refractivity contribution >= 4 is 29.3 Å². The van der Waals surface area contributed by atoms with Crippen LogP contribution in [0.1, 0.15) is 5.82 Å². The monoisotopic (exact) mass is 249 g/mol. The van der Waals surface area contributed by atoms with Crippen molar-refractivity contribution in [3.05, 3.63) is 17.2 Å². The SMILES string of the molecule is Cn1c(Cl)cnc1CSC[C@@H](N)C(=O)O. The van der Waals surface area contributed by atoms with E-state index in [2.05, 4.69) is 4.98 Å². The summed E-state index contributed by atoms with van der Waals surface area (Å²) in [6, 6.07) is -0.828. The maximum Gasteiger partial charge on any atom is 0.321 e. The molecule has 0 radical (unpaired) electrons.